The minimum atomic E-state index is -0.783. The van der Waals surface area contributed by atoms with Gasteiger partial charge in [0.2, 0.25) is 0 Å². The summed E-state index contributed by atoms with van der Waals surface area (Å²) in [7, 11) is 0. The van der Waals surface area contributed by atoms with E-state index in [0.29, 0.717) is 11.4 Å². The van der Waals surface area contributed by atoms with Crippen molar-refractivity contribution in [3.63, 3.8) is 0 Å². The van der Waals surface area contributed by atoms with Crippen LogP contribution >= 0.6 is 11.6 Å². The van der Waals surface area contributed by atoms with Gasteiger partial charge in [0.05, 0.1) is 6.61 Å². The first kappa shape index (κ1) is 9.52. The second-order valence-electron chi connectivity index (χ2n) is 2.57. The van der Waals surface area contributed by atoms with Gasteiger partial charge in [-0.1, -0.05) is 24.3 Å². The van der Waals surface area contributed by atoms with Crippen LogP contribution in [-0.4, -0.2) is 16.8 Å². The van der Waals surface area contributed by atoms with Gasteiger partial charge in [-0.2, -0.15) is 0 Å². The number of halogens is 1. The molecule has 0 spiro atoms. The van der Waals surface area contributed by atoms with Crippen LogP contribution in [0.2, 0.25) is 0 Å². The van der Waals surface area contributed by atoms with Crippen LogP contribution in [0.15, 0.2) is 24.3 Å². The third-order valence-electron chi connectivity index (χ3n) is 1.69. The Balaban J connectivity index is 2.77. The van der Waals surface area contributed by atoms with Gasteiger partial charge in [-0.15, -0.1) is 11.6 Å². The molecule has 12 heavy (non-hydrogen) atoms. The fourth-order valence-electron chi connectivity index (χ4n) is 0.934. The quantitative estimate of drug-likeness (QED) is 0.702. The van der Waals surface area contributed by atoms with Gasteiger partial charge in [0.15, 0.2) is 0 Å². The molecule has 1 rings (SSSR count). The molecule has 0 aromatic heterocycles. The Kier molecular flexibility index (Phi) is 3.53. The molecular formula is C9H11ClO2. The molecule has 1 aromatic carbocycles. The SMILES string of the molecule is OCC(O)c1ccc(CCl)cc1. The predicted molar refractivity (Wildman–Crippen MR) is 48.0 cm³/mol. The van der Waals surface area contributed by atoms with Crippen molar-refractivity contribution in [2.75, 3.05) is 6.61 Å². The zero-order chi connectivity index (χ0) is 8.97. The topological polar surface area (TPSA) is 40.5 Å². The largest absolute Gasteiger partial charge is 0.393 e. The van der Waals surface area contributed by atoms with E-state index < -0.39 is 6.10 Å². The van der Waals surface area contributed by atoms with Crippen molar-refractivity contribution in [2.24, 2.45) is 0 Å². The summed E-state index contributed by atoms with van der Waals surface area (Å²) < 4.78 is 0. The summed E-state index contributed by atoms with van der Waals surface area (Å²) in [5, 5.41) is 17.8. The Labute approximate surface area is 76.4 Å². The molecule has 2 nitrogen and oxygen atoms in total. The summed E-state index contributed by atoms with van der Waals surface area (Å²) in [6, 6.07) is 7.19. The maximum atomic E-state index is 9.21. The highest BCUT2D eigenvalue weighted by Crippen LogP contribution is 2.13. The molecule has 2 N–H and O–H groups in total. The first-order valence-corrected chi connectivity index (χ1v) is 4.25. The molecule has 0 fully saturated rings. The lowest BCUT2D eigenvalue weighted by molar-refractivity contribution is 0.0956. The highest BCUT2D eigenvalue weighted by atomic mass is 35.5. The molecule has 66 valence electrons. The van der Waals surface area contributed by atoms with E-state index in [1.54, 1.807) is 12.1 Å². The second-order valence-corrected chi connectivity index (χ2v) is 2.84. The van der Waals surface area contributed by atoms with Gasteiger partial charge in [-0.3, -0.25) is 0 Å². The van der Waals surface area contributed by atoms with Crippen LogP contribution in [0, 0.1) is 0 Å². The molecule has 1 atom stereocenters. The molecule has 0 heterocycles. The van der Waals surface area contributed by atoms with Gasteiger partial charge in [-0.05, 0) is 11.1 Å². The lowest BCUT2D eigenvalue weighted by Crippen LogP contribution is -2.01. The fourth-order valence-corrected chi connectivity index (χ4v) is 1.11. The zero-order valence-electron chi connectivity index (χ0n) is 6.57. The van der Waals surface area contributed by atoms with Gasteiger partial charge >= 0.3 is 0 Å². The van der Waals surface area contributed by atoms with Crippen LogP contribution in [0.1, 0.15) is 17.2 Å². The third kappa shape index (κ3) is 2.21. The standard InChI is InChI=1S/C9H11ClO2/c10-5-7-1-3-8(4-2-7)9(12)6-11/h1-4,9,11-12H,5-6H2. The molecule has 0 aliphatic rings. The highest BCUT2D eigenvalue weighted by molar-refractivity contribution is 6.17. The average molecular weight is 187 g/mol. The third-order valence-corrected chi connectivity index (χ3v) is 2.00. The minimum Gasteiger partial charge on any atom is -0.393 e. The monoisotopic (exact) mass is 186 g/mol. The molecule has 0 radical (unpaired) electrons. The van der Waals surface area contributed by atoms with E-state index in [-0.39, 0.29) is 6.61 Å². The summed E-state index contributed by atoms with van der Waals surface area (Å²) >= 11 is 5.58. The highest BCUT2D eigenvalue weighted by Gasteiger charge is 2.04. The number of aliphatic hydroxyl groups excluding tert-OH is 2. The Bertz CT molecular complexity index is 233. The molecular weight excluding hydrogens is 176 g/mol. The molecule has 0 aliphatic carbocycles. The van der Waals surface area contributed by atoms with Crippen molar-refractivity contribution in [1.82, 2.24) is 0 Å². The van der Waals surface area contributed by atoms with Crippen LogP contribution in [0.4, 0.5) is 0 Å². The lowest BCUT2D eigenvalue weighted by atomic mass is 10.1. The van der Waals surface area contributed by atoms with Crippen molar-refractivity contribution in [3.8, 4) is 0 Å². The van der Waals surface area contributed by atoms with Crippen molar-refractivity contribution in [1.29, 1.82) is 0 Å². The molecule has 1 unspecified atom stereocenters. The Morgan fingerprint density at radius 2 is 1.83 bits per heavy atom. The van der Waals surface area contributed by atoms with E-state index in [4.69, 9.17) is 16.7 Å². The number of alkyl halides is 1. The molecule has 3 heteroatoms. The maximum Gasteiger partial charge on any atom is 0.102 e. The number of aliphatic hydroxyl groups is 2. The normalized spacial score (nSPS) is 12.9. The summed E-state index contributed by atoms with van der Waals surface area (Å²) in [6.07, 6.45) is -0.783. The van der Waals surface area contributed by atoms with E-state index >= 15 is 0 Å². The van der Waals surface area contributed by atoms with Gasteiger partial charge in [-0.25, -0.2) is 0 Å². The van der Waals surface area contributed by atoms with Crippen LogP contribution in [0.3, 0.4) is 0 Å². The zero-order valence-corrected chi connectivity index (χ0v) is 7.33. The first-order chi connectivity index (χ1) is 5.77. The smallest absolute Gasteiger partial charge is 0.102 e. The van der Waals surface area contributed by atoms with Crippen molar-refractivity contribution in [2.45, 2.75) is 12.0 Å². The Morgan fingerprint density at radius 1 is 1.25 bits per heavy atom. The average Bonchev–Trinajstić information content (AvgIpc) is 2.17. The molecule has 0 aliphatic heterocycles. The minimum absolute atomic E-state index is 0.250. The molecule has 1 aromatic rings. The van der Waals surface area contributed by atoms with E-state index in [1.165, 1.54) is 0 Å². The molecule has 0 amide bonds. The summed E-state index contributed by atoms with van der Waals surface area (Å²) in [5.41, 5.74) is 1.72. The van der Waals surface area contributed by atoms with Crippen molar-refractivity contribution in [3.05, 3.63) is 35.4 Å². The van der Waals surface area contributed by atoms with E-state index in [1.807, 2.05) is 12.1 Å². The summed E-state index contributed by atoms with van der Waals surface area (Å²) in [6.45, 7) is -0.250. The van der Waals surface area contributed by atoms with E-state index in [2.05, 4.69) is 0 Å². The van der Waals surface area contributed by atoms with Crippen LogP contribution in [0.5, 0.6) is 0 Å². The van der Waals surface area contributed by atoms with E-state index in [0.717, 1.165) is 5.56 Å². The van der Waals surface area contributed by atoms with Crippen LogP contribution in [0.25, 0.3) is 0 Å². The number of benzene rings is 1. The maximum absolute atomic E-state index is 9.21. The van der Waals surface area contributed by atoms with Crippen LogP contribution < -0.4 is 0 Å². The van der Waals surface area contributed by atoms with Gasteiger partial charge in [0.1, 0.15) is 6.10 Å². The van der Waals surface area contributed by atoms with Gasteiger partial charge in [0, 0.05) is 5.88 Å². The Morgan fingerprint density at radius 3 is 2.25 bits per heavy atom. The molecule has 0 bridgehead atoms. The summed E-state index contributed by atoms with van der Waals surface area (Å²) in [5.74, 6) is 0.468. The van der Waals surface area contributed by atoms with Crippen LogP contribution in [-0.2, 0) is 5.88 Å². The fraction of sp³-hybridized carbons (Fsp3) is 0.333. The van der Waals surface area contributed by atoms with Gasteiger partial charge in [0.25, 0.3) is 0 Å². The number of hydrogen-bond donors (Lipinski definition) is 2. The number of hydrogen-bond acceptors (Lipinski definition) is 2. The number of rotatable bonds is 3. The second kappa shape index (κ2) is 4.45. The first-order valence-electron chi connectivity index (χ1n) is 3.71. The Hall–Kier alpha value is -0.570. The molecule has 0 saturated carbocycles. The van der Waals surface area contributed by atoms with Crippen molar-refractivity contribution >= 4 is 11.6 Å². The van der Waals surface area contributed by atoms with Crippen molar-refractivity contribution < 1.29 is 10.2 Å². The summed E-state index contributed by atoms with van der Waals surface area (Å²) in [4.78, 5) is 0. The van der Waals surface area contributed by atoms with E-state index in [9.17, 15) is 5.11 Å². The predicted octanol–water partition coefficient (Wildman–Crippen LogP) is 1.45. The molecule has 0 saturated heterocycles. The van der Waals surface area contributed by atoms with Gasteiger partial charge < -0.3 is 10.2 Å². The lowest BCUT2D eigenvalue weighted by Gasteiger charge is -2.06.